The Kier molecular flexibility index (Phi) is 4.95. The summed E-state index contributed by atoms with van der Waals surface area (Å²) in [5.41, 5.74) is 6.90. The Morgan fingerprint density at radius 1 is 1.45 bits per heavy atom. The zero-order valence-corrected chi connectivity index (χ0v) is 11.8. The molecule has 1 aromatic carbocycles. The number of rotatable bonds is 4. The van der Waals surface area contributed by atoms with Crippen LogP contribution in [0, 0.1) is 11.7 Å². The molecule has 0 aromatic heterocycles. The summed E-state index contributed by atoms with van der Waals surface area (Å²) < 4.78 is 13.3. The molecule has 1 saturated carbocycles. The van der Waals surface area contributed by atoms with Gasteiger partial charge in [-0.25, -0.2) is 4.39 Å². The average Bonchev–Trinajstić information content (AvgIpc) is 2.46. The quantitative estimate of drug-likeness (QED) is 0.343. The highest BCUT2D eigenvalue weighted by molar-refractivity contribution is 5.98. The van der Waals surface area contributed by atoms with E-state index in [-0.39, 0.29) is 11.7 Å². The predicted molar refractivity (Wildman–Crippen MR) is 77.2 cm³/mol. The Bertz CT molecular complexity index is 490. The molecule has 2 rings (SSSR count). The first-order chi connectivity index (χ1) is 9.61. The maximum absolute atomic E-state index is 13.3. The molecule has 1 aromatic rings. The van der Waals surface area contributed by atoms with Gasteiger partial charge >= 0.3 is 0 Å². The van der Waals surface area contributed by atoms with E-state index in [0.717, 1.165) is 5.56 Å². The lowest BCUT2D eigenvalue weighted by molar-refractivity contribution is 0.279. The van der Waals surface area contributed by atoms with E-state index in [2.05, 4.69) is 17.4 Å². The van der Waals surface area contributed by atoms with Crippen LogP contribution >= 0.6 is 0 Å². The fraction of sp³-hybridized carbons (Fsp3) is 0.533. The second-order valence-corrected chi connectivity index (χ2v) is 5.54. The van der Waals surface area contributed by atoms with Crippen LogP contribution in [0.5, 0.6) is 0 Å². The second kappa shape index (κ2) is 6.70. The lowest BCUT2D eigenvalue weighted by Crippen LogP contribution is -2.37. The van der Waals surface area contributed by atoms with Gasteiger partial charge in [0.05, 0.1) is 0 Å². The van der Waals surface area contributed by atoms with Crippen LogP contribution in [0.15, 0.2) is 23.4 Å². The van der Waals surface area contributed by atoms with Gasteiger partial charge in [0, 0.05) is 18.2 Å². The summed E-state index contributed by atoms with van der Waals surface area (Å²) in [5.74, 6) is 0.205. The maximum Gasteiger partial charge on any atom is 0.170 e. The molecule has 0 radical (unpaired) electrons. The summed E-state index contributed by atoms with van der Waals surface area (Å²) in [7, 11) is 0. The van der Waals surface area contributed by atoms with Crippen molar-refractivity contribution < 1.29 is 9.60 Å². The monoisotopic (exact) mass is 279 g/mol. The van der Waals surface area contributed by atoms with Crippen LogP contribution in [0.3, 0.4) is 0 Å². The zero-order valence-electron chi connectivity index (χ0n) is 11.8. The van der Waals surface area contributed by atoms with Crippen molar-refractivity contribution in [1.82, 2.24) is 5.32 Å². The topological polar surface area (TPSA) is 70.6 Å². The van der Waals surface area contributed by atoms with E-state index in [1.54, 1.807) is 6.07 Å². The first-order valence-corrected chi connectivity index (χ1v) is 7.11. The molecule has 1 aliphatic rings. The maximum atomic E-state index is 13.3. The largest absolute Gasteiger partial charge is 0.409 e. The molecule has 0 heterocycles. The van der Waals surface area contributed by atoms with Crippen molar-refractivity contribution in [3.8, 4) is 0 Å². The van der Waals surface area contributed by atoms with Crippen LogP contribution in [-0.4, -0.2) is 17.1 Å². The van der Waals surface area contributed by atoms with Crippen molar-refractivity contribution in [2.24, 2.45) is 16.8 Å². The van der Waals surface area contributed by atoms with E-state index in [4.69, 9.17) is 10.9 Å². The van der Waals surface area contributed by atoms with Crippen molar-refractivity contribution in [1.29, 1.82) is 0 Å². The van der Waals surface area contributed by atoms with Crippen LogP contribution in [0.4, 0.5) is 4.39 Å². The minimum atomic E-state index is -0.388. The molecule has 4 nitrogen and oxygen atoms in total. The second-order valence-electron chi connectivity index (χ2n) is 5.54. The number of oxime groups is 1. The van der Waals surface area contributed by atoms with Crippen LogP contribution in [0.1, 0.15) is 43.7 Å². The van der Waals surface area contributed by atoms with E-state index < -0.39 is 0 Å². The summed E-state index contributed by atoms with van der Waals surface area (Å²) >= 11 is 0. The molecule has 110 valence electrons. The van der Waals surface area contributed by atoms with Crippen molar-refractivity contribution in [2.75, 3.05) is 0 Å². The van der Waals surface area contributed by atoms with E-state index in [1.165, 1.54) is 37.8 Å². The smallest absolute Gasteiger partial charge is 0.170 e. The Morgan fingerprint density at radius 3 is 2.90 bits per heavy atom. The third kappa shape index (κ3) is 3.48. The van der Waals surface area contributed by atoms with E-state index >= 15 is 0 Å². The molecule has 20 heavy (non-hydrogen) atoms. The summed E-state index contributed by atoms with van der Waals surface area (Å²) in [6.07, 6.45) is 4.96. The molecular formula is C15H22FN3O. The molecule has 1 fully saturated rings. The Balaban J connectivity index is 2.09. The molecule has 0 amide bonds. The number of halogens is 1. The Labute approximate surface area is 118 Å². The molecule has 0 bridgehead atoms. The number of nitrogens with two attached hydrogens (primary N) is 1. The third-order valence-corrected chi connectivity index (χ3v) is 4.12. The van der Waals surface area contributed by atoms with Gasteiger partial charge in [0.15, 0.2) is 5.84 Å². The molecule has 4 N–H and O–H groups in total. The first kappa shape index (κ1) is 14.8. The van der Waals surface area contributed by atoms with E-state index in [1.807, 2.05) is 0 Å². The number of hydrogen-bond donors (Lipinski definition) is 3. The number of nitrogens with one attached hydrogen (secondary N) is 1. The van der Waals surface area contributed by atoms with E-state index in [0.29, 0.717) is 24.1 Å². The van der Waals surface area contributed by atoms with Crippen LogP contribution in [0.2, 0.25) is 0 Å². The average molecular weight is 279 g/mol. The third-order valence-electron chi connectivity index (χ3n) is 4.12. The minimum Gasteiger partial charge on any atom is -0.409 e. The fourth-order valence-corrected chi connectivity index (χ4v) is 2.86. The normalized spacial score (nSPS) is 23.8. The molecule has 0 spiro atoms. The zero-order chi connectivity index (χ0) is 14.5. The van der Waals surface area contributed by atoms with Gasteiger partial charge in [-0.3, -0.25) is 0 Å². The molecular weight excluding hydrogens is 257 g/mol. The molecule has 2 atom stereocenters. The number of benzene rings is 1. The highest BCUT2D eigenvalue weighted by Crippen LogP contribution is 2.24. The van der Waals surface area contributed by atoms with Crippen LogP contribution in [0.25, 0.3) is 0 Å². The summed E-state index contributed by atoms with van der Waals surface area (Å²) in [6, 6.07) is 4.86. The summed E-state index contributed by atoms with van der Waals surface area (Å²) in [5, 5.41) is 15.3. The minimum absolute atomic E-state index is 0.0574. The van der Waals surface area contributed by atoms with Crippen LogP contribution in [-0.2, 0) is 6.54 Å². The highest BCUT2D eigenvalue weighted by atomic mass is 19.1. The first-order valence-electron chi connectivity index (χ1n) is 7.11. The highest BCUT2D eigenvalue weighted by Gasteiger charge is 2.21. The SMILES string of the molecule is CC1CCCCC1NCc1ccc(F)cc1C(N)=NO. The van der Waals surface area contributed by atoms with Crippen molar-refractivity contribution in [3.63, 3.8) is 0 Å². The van der Waals surface area contributed by atoms with Gasteiger partial charge in [-0.1, -0.05) is 31.0 Å². The molecule has 0 aliphatic heterocycles. The van der Waals surface area contributed by atoms with E-state index in [9.17, 15) is 4.39 Å². The molecule has 2 unspecified atom stereocenters. The Morgan fingerprint density at radius 2 is 2.20 bits per heavy atom. The van der Waals surface area contributed by atoms with Crippen molar-refractivity contribution >= 4 is 5.84 Å². The number of amidine groups is 1. The number of hydrogen-bond acceptors (Lipinski definition) is 3. The van der Waals surface area contributed by atoms with Gasteiger partial charge in [0.1, 0.15) is 5.82 Å². The van der Waals surface area contributed by atoms with Crippen molar-refractivity contribution in [2.45, 2.75) is 45.2 Å². The number of nitrogens with zero attached hydrogens (tertiary/aromatic N) is 1. The summed E-state index contributed by atoms with van der Waals surface area (Å²) in [6.45, 7) is 2.85. The van der Waals surface area contributed by atoms with Gasteiger partial charge in [0.2, 0.25) is 0 Å². The fourth-order valence-electron chi connectivity index (χ4n) is 2.86. The molecule has 0 saturated heterocycles. The van der Waals surface area contributed by atoms with Gasteiger partial charge in [-0.2, -0.15) is 0 Å². The van der Waals surface area contributed by atoms with Gasteiger partial charge in [0.25, 0.3) is 0 Å². The lowest BCUT2D eigenvalue weighted by Gasteiger charge is -2.30. The van der Waals surface area contributed by atoms with Crippen molar-refractivity contribution in [3.05, 3.63) is 35.1 Å². The van der Waals surface area contributed by atoms with Gasteiger partial charge in [-0.15, -0.1) is 0 Å². The molecule has 5 heteroatoms. The van der Waals surface area contributed by atoms with Gasteiger partial charge in [-0.05, 0) is 36.5 Å². The van der Waals surface area contributed by atoms with Crippen LogP contribution < -0.4 is 11.1 Å². The van der Waals surface area contributed by atoms with Gasteiger partial charge < -0.3 is 16.3 Å². The lowest BCUT2D eigenvalue weighted by atomic mass is 9.86. The predicted octanol–water partition coefficient (Wildman–Crippen LogP) is 2.59. The standard InChI is InChI=1S/C15H22FN3O/c1-10-4-2-3-5-14(10)18-9-11-6-7-12(16)8-13(11)15(17)19-20/h6-8,10,14,18,20H,2-5,9H2,1H3,(H2,17,19). The Hall–Kier alpha value is -1.62. The summed E-state index contributed by atoms with van der Waals surface area (Å²) in [4.78, 5) is 0. The molecule has 1 aliphatic carbocycles.